The number of H-pyrrole nitrogens is 1. The molecule has 0 saturated carbocycles. The zero-order chi connectivity index (χ0) is 16.8. The number of aromatic nitrogens is 4. The van der Waals surface area contributed by atoms with Crippen LogP contribution in [0.3, 0.4) is 0 Å². The molecule has 0 saturated heterocycles. The highest BCUT2D eigenvalue weighted by molar-refractivity contribution is 5.33. The summed E-state index contributed by atoms with van der Waals surface area (Å²) in [6.45, 7) is 0.483. The van der Waals surface area contributed by atoms with Gasteiger partial charge in [0.25, 0.3) is 5.56 Å². The minimum absolute atomic E-state index is 0.119. The maximum Gasteiger partial charge on any atom is 0.293 e. The Balaban J connectivity index is 1.76. The van der Waals surface area contributed by atoms with Crippen LogP contribution in [0.15, 0.2) is 47.5 Å². The van der Waals surface area contributed by atoms with Gasteiger partial charge in [-0.1, -0.05) is 30.3 Å². The van der Waals surface area contributed by atoms with Crippen LogP contribution in [-0.2, 0) is 6.54 Å². The van der Waals surface area contributed by atoms with Crippen LogP contribution in [0.5, 0.6) is 0 Å². The Morgan fingerprint density at radius 3 is 2.92 bits per heavy atom. The summed E-state index contributed by atoms with van der Waals surface area (Å²) in [6, 6.07) is 12.4. The highest BCUT2D eigenvalue weighted by Gasteiger charge is 2.13. The Bertz CT molecular complexity index is 893. The average Bonchev–Trinajstić information content (AvgIpc) is 3.03. The quantitative estimate of drug-likeness (QED) is 0.648. The van der Waals surface area contributed by atoms with E-state index in [-0.39, 0.29) is 17.2 Å². The van der Waals surface area contributed by atoms with E-state index in [0.717, 1.165) is 12.8 Å². The molecule has 0 radical (unpaired) electrons. The van der Waals surface area contributed by atoms with Gasteiger partial charge in [-0.25, -0.2) is 0 Å². The van der Waals surface area contributed by atoms with Gasteiger partial charge in [-0.15, -0.1) is 10.2 Å². The molecule has 7 heteroatoms. The minimum Gasteiger partial charge on any atom is -0.324 e. The minimum atomic E-state index is -0.259. The maximum atomic E-state index is 11.7. The molecule has 0 bridgehead atoms. The third kappa shape index (κ3) is 3.50. The predicted molar refractivity (Wildman–Crippen MR) is 89.1 cm³/mol. The summed E-state index contributed by atoms with van der Waals surface area (Å²) in [5.74, 6) is 0.678. The van der Waals surface area contributed by atoms with Gasteiger partial charge in [0.2, 0.25) is 5.65 Å². The molecule has 2 heterocycles. The van der Waals surface area contributed by atoms with E-state index in [1.807, 2.05) is 18.2 Å². The van der Waals surface area contributed by atoms with E-state index in [2.05, 4.69) is 38.7 Å². The molecule has 24 heavy (non-hydrogen) atoms. The molecule has 7 nitrogen and oxygen atoms in total. The normalized spacial score (nSPS) is 12.1. The number of nitrogens with one attached hydrogen (secondary N) is 2. The topological polar surface area (TPSA) is 98.9 Å². The van der Waals surface area contributed by atoms with Crippen molar-refractivity contribution < 1.29 is 0 Å². The lowest BCUT2D eigenvalue weighted by Crippen LogP contribution is -2.22. The van der Waals surface area contributed by atoms with E-state index in [1.165, 1.54) is 5.56 Å². The van der Waals surface area contributed by atoms with Crippen LogP contribution in [0.25, 0.3) is 5.65 Å². The van der Waals surface area contributed by atoms with Crippen molar-refractivity contribution >= 4 is 5.65 Å². The molecule has 122 valence electrons. The number of hydrogen-bond donors (Lipinski definition) is 2. The van der Waals surface area contributed by atoms with E-state index >= 15 is 0 Å². The average molecular weight is 322 g/mol. The van der Waals surface area contributed by atoms with Gasteiger partial charge in [-0.05, 0) is 18.4 Å². The summed E-state index contributed by atoms with van der Waals surface area (Å²) in [4.78, 5) is 14.3. The molecule has 0 aliphatic carbocycles. The first-order chi connectivity index (χ1) is 11.8. The van der Waals surface area contributed by atoms with Crippen LogP contribution in [-0.4, -0.2) is 19.6 Å². The Morgan fingerprint density at radius 2 is 2.12 bits per heavy atom. The summed E-state index contributed by atoms with van der Waals surface area (Å²) in [7, 11) is 0. The van der Waals surface area contributed by atoms with Crippen molar-refractivity contribution in [2.75, 3.05) is 0 Å². The Morgan fingerprint density at radius 1 is 1.29 bits per heavy atom. The molecule has 0 amide bonds. The molecule has 0 aliphatic rings. The van der Waals surface area contributed by atoms with Gasteiger partial charge in [-0.3, -0.25) is 9.20 Å². The zero-order valence-corrected chi connectivity index (χ0v) is 13.1. The van der Waals surface area contributed by atoms with Crippen LogP contribution < -0.4 is 10.9 Å². The van der Waals surface area contributed by atoms with Crippen LogP contribution in [0.1, 0.15) is 36.7 Å². The molecule has 0 fully saturated rings. The van der Waals surface area contributed by atoms with Crippen molar-refractivity contribution in [2.24, 2.45) is 0 Å². The summed E-state index contributed by atoms with van der Waals surface area (Å²) in [6.07, 6.45) is 5.52. The first-order valence-corrected chi connectivity index (χ1v) is 7.86. The summed E-state index contributed by atoms with van der Waals surface area (Å²) in [5.41, 5.74) is 1.20. The van der Waals surface area contributed by atoms with Gasteiger partial charge in [0.05, 0.1) is 12.6 Å². The van der Waals surface area contributed by atoms with Gasteiger partial charge < -0.3 is 10.3 Å². The molecule has 3 rings (SSSR count). The Kier molecular flexibility index (Phi) is 4.99. The Labute approximate surface area is 139 Å². The van der Waals surface area contributed by atoms with E-state index in [4.69, 9.17) is 5.26 Å². The third-order valence-corrected chi connectivity index (χ3v) is 3.90. The van der Waals surface area contributed by atoms with Crippen LogP contribution in [0.4, 0.5) is 0 Å². The number of aromatic amines is 1. The third-order valence-electron chi connectivity index (χ3n) is 3.90. The number of nitrogens with zero attached hydrogens (tertiary/aromatic N) is 4. The fourth-order valence-corrected chi connectivity index (χ4v) is 2.68. The molecule has 2 aromatic heterocycles. The van der Waals surface area contributed by atoms with Crippen molar-refractivity contribution in [1.82, 2.24) is 24.9 Å². The van der Waals surface area contributed by atoms with Crippen molar-refractivity contribution in [2.45, 2.75) is 31.8 Å². The number of rotatable bonds is 7. The monoisotopic (exact) mass is 322 g/mol. The van der Waals surface area contributed by atoms with Gasteiger partial charge in [0.1, 0.15) is 0 Å². The fourth-order valence-electron chi connectivity index (χ4n) is 2.68. The van der Waals surface area contributed by atoms with E-state index in [1.54, 1.807) is 16.8 Å². The van der Waals surface area contributed by atoms with Gasteiger partial charge in [-0.2, -0.15) is 5.26 Å². The maximum absolute atomic E-state index is 11.7. The van der Waals surface area contributed by atoms with E-state index < -0.39 is 0 Å². The van der Waals surface area contributed by atoms with Gasteiger partial charge in [0, 0.05) is 24.9 Å². The number of benzene rings is 1. The second-order valence-electron chi connectivity index (χ2n) is 5.49. The van der Waals surface area contributed by atoms with E-state index in [9.17, 15) is 4.79 Å². The van der Waals surface area contributed by atoms with Gasteiger partial charge in [0.15, 0.2) is 5.82 Å². The van der Waals surface area contributed by atoms with Crippen LogP contribution in [0, 0.1) is 11.3 Å². The lowest BCUT2D eigenvalue weighted by atomic mass is 10.0. The van der Waals surface area contributed by atoms with Crippen LogP contribution in [0.2, 0.25) is 0 Å². The molecule has 1 aromatic carbocycles. The molecule has 0 aliphatic heterocycles. The van der Waals surface area contributed by atoms with Crippen molar-refractivity contribution in [3.63, 3.8) is 0 Å². The highest BCUT2D eigenvalue weighted by atomic mass is 16.1. The van der Waals surface area contributed by atoms with Crippen molar-refractivity contribution in [3.8, 4) is 6.07 Å². The first-order valence-electron chi connectivity index (χ1n) is 7.86. The Hall–Kier alpha value is -2.98. The number of fused-ring (bicyclic) bond motifs is 1. The summed E-state index contributed by atoms with van der Waals surface area (Å²) >= 11 is 0. The molecule has 1 unspecified atom stereocenters. The standard InChI is InChI=1S/C17H18N6O/c18-9-5-4-8-14(13-6-2-1-3-7-13)20-12-15-21-22-16-17(24)19-10-11-23(15)16/h1-3,6-7,10-11,14,20H,4-5,8,12H2,(H,19,24). The van der Waals surface area contributed by atoms with Crippen molar-refractivity contribution in [3.05, 3.63) is 64.5 Å². The van der Waals surface area contributed by atoms with Crippen molar-refractivity contribution in [1.29, 1.82) is 5.26 Å². The second kappa shape index (κ2) is 7.53. The zero-order valence-electron chi connectivity index (χ0n) is 13.1. The lowest BCUT2D eigenvalue weighted by Gasteiger charge is -2.18. The molecule has 3 aromatic rings. The second-order valence-corrected chi connectivity index (χ2v) is 5.49. The highest BCUT2D eigenvalue weighted by Crippen LogP contribution is 2.19. The first kappa shape index (κ1) is 15.9. The number of unbranched alkanes of at least 4 members (excludes halogenated alkanes) is 1. The smallest absolute Gasteiger partial charge is 0.293 e. The fraction of sp³-hybridized carbons (Fsp3) is 0.294. The molecule has 1 atom stereocenters. The number of nitriles is 1. The lowest BCUT2D eigenvalue weighted by molar-refractivity contribution is 0.477. The molecular weight excluding hydrogens is 304 g/mol. The predicted octanol–water partition coefficient (Wildman–Crippen LogP) is 1.94. The largest absolute Gasteiger partial charge is 0.324 e. The summed E-state index contributed by atoms with van der Waals surface area (Å²) in [5, 5.41) is 20.2. The molecular formula is C17H18N6O. The summed E-state index contributed by atoms with van der Waals surface area (Å²) < 4.78 is 1.68. The van der Waals surface area contributed by atoms with Gasteiger partial charge >= 0.3 is 0 Å². The molecule has 2 N–H and O–H groups in total. The SMILES string of the molecule is N#CCCCC(NCc1nnc2c(=O)[nH]ccn12)c1ccccc1. The number of hydrogen-bond acceptors (Lipinski definition) is 5. The molecule has 0 spiro atoms. The van der Waals surface area contributed by atoms with Crippen LogP contribution >= 0.6 is 0 Å². The van der Waals surface area contributed by atoms with E-state index in [0.29, 0.717) is 18.8 Å².